The van der Waals surface area contributed by atoms with Crippen molar-refractivity contribution >= 4 is 16.8 Å². The Morgan fingerprint density at radius 3 is 0.909 bits per heavy atom. The minimum absolute atomic E-state index is 0.358. The van der Waals surface area contributed by atoms with Crippen LogP contribution in [0.4, 0.5) is 0 Å². The molecule has 0 aromatic heterocycles. The summed E-state index contributed by atoms with van der Waals surface area (Å²) in [6.07, 6.45) is 1.30. The van der Waals surface area contributed by atoms with Crippen molar-refractivity contribution in [2.45, 2.75) is 132 Å². The fraction of sp³-hybridized carbons (Fsp3) is 0.526. The maximum Gasteiger partial charge on any atom is 0.176 e. The molecule has 4 nitrogen and oxygen atoms in total. The molecule has 0 saturated carbocycles. The fourth-order valence-corrected chi connectivity index (χ4v) is 9.11. The Hall–Kier alpha value is -1.64. The van der Waals surface area contributed by atoms with Gasteiger partial charge in [0.15, 0.2) is 16.8 Å². The van der Waals surface area contributed by atoms with Crippen molar-refractivity contribution in [2.75, 3.05) is 0 Å². The summed E-state index contributed by atoms with van der Waals surface area (Å²) in [7, 11) is -2.58. The molecule has 0 fully saturated rings. The van der Waals surface area contributed by atoms with Crippen LogP contribution in [-0.4, -0.2) is 22.4 Å². The van der Waals surface area contributed by atoms with Crippen LogP contribution in [0.3, 0.4) is 0 Å². The maximum absolute atomic E-state index is 6.73. The summed E-state index contributed by atoms with van der Waals surface area (Å²) in [6, 6.07) is 21.5. The summed E-state index contributed by atoms with van der Waals surface area (Å²) in [4.78, 5) is 0. The standard InChI is InChI=1S/C38H56O4P2/c1-27-28(2)34(30-23-19-16-20-24-30)32(26-44(41-37(9,10)11)42-38(12,13)14)31(33(27)29-21-17-15-18-22-29)25-43(39-35(3,4)5)40-36(6,7)8/h15-24H,25-26H2,1-14H3. The van der Waals surface area contributed by atoms with E-state index < -0.39 is 16.8 Å². The highest BCUT2D eigenvalue weighted by Gasteiger charge is 2.33. The molecule has 3 aromatic carbocycles. The summed E-state index contributed by atoms with van der Waals surface area (Å²) in [5.41, 5.74) is 8.51. The van der Waals surface area contributed by atoms with E-state index in [2.05, 4.69) is 158 Å². The van der Waals surface area contributed by atoms with E-state index >= 15 is 0 Å². The topological polar surface area (TPSA) is 36.9 Å². The van der Waals surface area contributed by atoms with Gasteiger partial charge in [0.1, 0.15) is 0 Å². The van der Waals surface area contributed by atoms with Gasteiger partial charge in [-0.05, 0) is 141 Å². The Labute approximate surface area is 271 Å². The molecule has 0 saturated heterocycles. The lowest BCUT2D eigenvalue weighted by molar-refractivity contribution is 0.0707. The van der Waals surface area contributed by atoms with E-state index in [-0.39, 0.29) is 22.4 Å². The summed E-state index contributed by atoms with van der Waals surface area (Å²) in [5.74, 6) is 0. The molecule has 0 bridgehead atoms. The highest BCUT2D eigenvalue weighted by atomic mass is 31.2. The Kier molecular flexibility index (Phi) is 12.1. The Morgan fingerprint density at radius 2 is 0.682 bits per heavy atom. The molecule has 0 radical (unpaired) electrons. The Bertz CT molecular complexity index is 1220. The molecule has 3 aromatic rings. The van der Waals surface area contributed by atoms with E-state index in [4.69, 9.17) is 18.1 Å². The normalized spacial score (nSPS) is 13.3. The Balaban J connectivity index is 2.44. The molecule has 0 unspecified atom stereocenters. The van der Waals surface area contributed by atoms with Crippen LogP contribution in [-0.2, 0) is 30.4 Å². The predicted octanol–water partition coefficient (Wildman–Crippen LogP) is 12.5. The lowest BCUT2D eigenvalue weighted by atomic mass is 9.83. The van der Waals surface area contributed by atoms with Gasteiger partial charge >= 0.3 is 0 Å². The SMILES string of the molecule is Cc1c(C)c(-c2ccccc2)c(CP(OC(C)(C)C)OC(C)(C)C)c(CP(OC(C)(C)C)OC(C)(C)C)c1-c1ccccc1. The molecule has 0 N–H and O–H groups in total. The first-order valence-electron chi connectivity index (χ1n) is 15.7. The van der Waals surface area contributed by atoms with E-state index in [0.29, 0.717) is 12.3 Å². The lowest BCUT2D eigenvalue weighted by Gasteiger charge is -2.35. The van der Waals surface area contributed by atoms with Crippen molar-refractivity contribution in [2.24, 2.45) is 0 Å². The van der Waals surface area contributed by atoms with Crippen molar-refractivity contribution in [3.63, 3.8) is 0 Å². The third-order valence-electron chi connectivity index (χ3n) is 6.48. The quantitative estimate of drug-likeness (QED) is 0.207. The van der Waals surface area contributed by atoms with Crippen LogP contribution >= 0.6 is 16.8 Å². The smallest absolute Gasteiger partial charge is 0.176 e. The van der Waals surface area contributed by atoms with Crippen molar-refractivity contribution < 1.29 is 18.1 Å². The number of rotatable bonds is 10. The fourth-order valence-electron chi connectivity index (χ4n) is 5.12. The summed E-state index contributed by atoms with van der Waals surface area (Å²) in [6.45, 7) is 29.8. The van der Waals surface area contributed by atoms with Gasteiger partial charge < -0.3 is 18.1 Å². The monoisotopic (exact) mass is 638 g/mol. The summed E-state index contributed by atoms with van der Waals surface area (Å²) in [5, 5.41) is 0. The van der Waals surface area contributed by atoms with Gasteiger partial charge in [-0.15, -0.1) is 0 Å². The number of benzene rings is 3. The molecule has 0 aliphatic heterocycles. The zero-order valence-electron chi connectivity index (χ0n) is 29.7. The molecule has 0 aliphatic rings. The van der Waals surface area contributed by atoms with E-state index in [1.807, 2.05) is 0 Å². The van der Waals surface area contributed by atoms with Gasteiger partial charge in [0.25, 0.3) is 0 Å². The van der Waals surface area contributed by atoms with Crippen LogP contribution in [0.1, 0.15) is 105 Å². The average molecular weight is 639 g/mol. The zero-order chi connectivity index (χ0) is 33.1. The van der Waals surface area contributed by atoms with E-state index in [1.54, 1.807) is 0 Å². The molecule has 0 amide bonds. The van der Waals surface area contributed by atoms with E-state index in [0.717, 1.165) is 0 Å². The van der Waals surface area contributed by atoms with Crippen molar-refractivity contribution in [3.8, 4) is 22.3 Å². The van der Waals surface area contributed by atoms with Gasteiger partial charge in [-0.25, -0.2) is 0 Å². The molecule has 0 heterocycles. The molecular formula is C38H56O4P2. The van der Waals surface area contributed by atoms with Gasteiger partial charge in [-0.3, -0.25) is 0 Å². The van der Waals surface area contributed by atoms with Crippen molar-refractivity contribution in [3.05, 3.63) is 82.9 Å². The third-order valence-corrected chi connectivity index (χ3v) is 10.6. The minimum atomic E-state index is -1.29. The molecule has 0 aliphatic carbocycles. The van der Waals surface area contributed by atoms with Crippen molar-refractivity contribution in [1.82, 2.24) is 0 Å². The molecule has 0 atom stereocenters. The van der Waals surface area contributed by atoms with E-state index in [1.165, 1.54) is 44.5 Å². The van der Waals surface area contributed by atoms with Crippen LogP contribution < -0.4 is 0 Å². The predicted molar refractivity (Wildman–Crippen MR) is 191 cm³/mol. The zero-order valence-corrected chi connectivity index (χ0v) is 31.5. The first-order valence-corrected chi connectivity index (χ1v) is 18.4. The number of hydrogen-bond acceptors (Lipinski definition) is 4. The van der Waals surface area contributed by atoms with Crippen LogP contribution in [0.25, 0.3) is 22.3 Å². The summed E-state index contributed by atoms with van der Waals surface area (Å²) >= 11 is 0. The lowest BCUT2D eigenvalue weighted by Crippen LogP contribution is -2.23. The average Bonchev–Trinajstić information content (AvgIpc) is 2.84. The van der Waals surface area contributed by atoms with Gasteiger partial charge in [0, 0.05) is 12.3 Å². The van der Waals surface area contributed by atoms with Crippen LogP contribution in [0.5, 0.6) is 0 Å². The molecule has 0 spiro atoms. The largest absolute Gasteiger partial charge is 0.328 e. The number of hydrogen-bond donors (Lipinski definition) is 0. The van der Waals surface area contributed by atoms with Gasteiger partial charge in [-0.1, -0.05) is 60.7 Å². The van der Waals surface area contributed by atoms with Gasteiger partial charge in [0.05, 0.1) is 22.4 Å². The molecular weight excluding hydrogens is 582 g/mol. The molecule has 44 heavy (non-hydrogen) atoms. The minimum Gasteiger partial charge on any atom is -0.328 e. The maximum atomic E-state index is 6.73. The summed E-state index contributed by atoms with van der Waals surface area (Å²) < 4.78 is 26.9. The third kappa shape index (κ3) is 11.3. The first kappa shape index (κ1) is 36.8. The second-order valence-corrected chi connectivity index (χ2v) is 18.2. The Morgan fingerprint density at radius 1 is 0.432 bits per heavy atom. The van der Waals surface area contributed by atoms with Gasteiger partial charge in [-0.2, -0.15) is 0 Å². The van der Waals surface area contributed by atoms with Crippen LogP contribution in [0, 0.1) is 13.8 Å². The van der Waals surface area contributed by atoms with E-state index in [9.17, 15) is 0 Å². The molecule has 242 valence electrons. The second-order valence-electron chi connectivity index (χ2n) is 15.5. The van der Waals surface area contributed by atoms with Gasteiger partial charge in [0.2, 0.25) is 0 Å². The van der Waals surface area contributed by atoms with Crippen LogP contribution in [0.2, 0.25) is 0 Å². The highest BCUT2D eigenvalue weighted by Crippen LogP contribution is 2.56. The molecule has 6 heteroatoms. The first-order chi connectivity index (χ1) is 20.1. The van der Waals surface area contributed by atoms with Crippen LogP contribution in [0.15, 0.2) is 60.7 Å². The second kappa shape index (κ2) is 14.4. The van der Waals surface area contributed by atoms with Crippen molar-refractivity contribution in [1.29, 1.82) is 0 Å². The molecule has 3 rings (SSSR count). The highest BCUT2D eigenvalue weighted by molar-refractivity contribution is 7.47.